The number of halogens is 1. The molecule has 122 valence electrons. The summed E-state index contributed by atoms with van der Waals surface area (Å²) in [7, 11) is 0. The highest BCUT2D eigenvalue weighted by Gasteiger charge is 2.35. The minimum atomic E-state index is -0.993. The molecular formula is C16H22FNO4. The predicted octanol–water partition coefficient (Wildman–Crippen LogP) is 2.60. The van der Waals surface area contributed by atoms with Gasteiger partial charge in [0.25, 0.3) is 5.91 Å². The van der Waals surface area contributed by atoms with Gasteiger partial charge in [-0.15, -0.1) is 0 Å². The molecule has 0 saturated carbocycles. The summed E-state index contributed by atoms with van der Waals surface area (Å²) in [5, 5.41) is 11.9. The molecule has 1 unspecified atom stereocenters. The summed E-state index contributed by atoms with van der Waals surface area (Å²) in [6, 6.07) is 5.80. The number of carboxylic acids is 1. The Balaban J connectivity index is 2.65. The fourth-order valence-electron chi connectivity index (χ4n) is 2.06. The van der Waals surface area contributed by atoms with E-state index in [1.54, 1.807) is 19.9 Å². The zero-order valence-electron chi connectivity index (χ0n) is 13.1. The number of carbonyl (C=O) groups excluding carboxylic acids is 1. The van der Waals surface area contributed by atoms with Gasteiger partial charge < -0.3 is 15.2 Å². The van der Waals surface area contributed by atoms with E-state index in [-0.39, 0.29) is 12.3 Å². The van der Waals surface area contributed by atoms with Gasteiger partial charge in [0.15, 0.2) is 17.7 Å². The Morgan fingerprint density at radius 2 is 1.91 bits per heavy atom. The number of hydrogen-bond acceptors (Lipinski definition) is 3. The first-order valence-corrected chi connectivity index (χ1v) is 7.28. The van der Waals surface area contributed by atoms with E-state index in [1.165, 1.54) is 25.1 Å². The molecule has 0 aromatic heterocycles. The number of nitrogens with one attached hydrogen (secondary N) is 1. The third kappa shape index (κ3) is 4.19. The summed E-state index contributed by atoms with van der Waals surface area (Å²) >= 11 is 0. The highest BCUT2D eigenvalue weighted by Crippen LogP contribution is 2.25. The first-order valence-electron chi connectivity index (χ1n) is 7.28. The van der Waals surface area contributed by atoms with Gasteiger partial charge in [0.2, 0.25) is 0 Å². The smallest absolute Gasteiger partial charge is 0.311 e. The van der Waals surface area contributed by atoms with Gasteiger partial charge in [-0.1, -0.05) is 26.0 Å². The van der Waals surface area contributed by atoms with Crippen LogP contribution in [0.4, 0.5) is 4.39 Å². The van der Waals surface area contributed by atoms with Crippen molar-refractivity contribution in [3.8, 4) is 5.75 Å². The summed E-state index contributed by atoms with van der Waals surface area (Å²) in [6.45, 7) is 5.04. The Labute approximate surface area is 129 Å². The van der Waals surface area contributed by atoms with E-state index in [0.717, 1.165) is 0 Å². The molecule has 1 aromatic rings. The lowest BCUT2D eigenvalue weighted by atomic mass is 9.82. The van der Waals surface area contributed by atoms with Crippen LogP contribution in [0.2, 0.25) is 0 Å². The number of carbonyl (C=O) groups is 2. The summed E-state index contributed by atoms with van der Waals surface area (Å²) in [5.74, 6) is -1.99. The van der Waals surface area contributed by atoms with Gasteiger partial charge in [-0.05, 0) is 31.9 Å². The average Bonchev–Trinajstić information content (AvgIpc) is 2.50. The number of hydrogen-bond donors (Lipinski definition) is 2. The number of para-hydroxylation sites is 1. The Kier molecular flexibility index (Phi) is 6.34. The SMILES string of the molecule is CCC(CC)(CNC(=O)C(C)Oc1ccccc1F)C(=O)O. The molecule has 1 rings (SSSR count). The van der Waals surface area contributed by atoms with Crippen molar-refractivity contribution in [2.75, 3.05) is 6.54 Å². The number of aliphatic carboxylic acids is 1. The highest BCUT2D eigenvalue weighted by molar-refractivity contribution is 5.82. The van der Waals surface area contributed by atoms with Crippen molar-refractivity contribution in [2.24, 2.45) is 5.41 Å². The van der Waals surface area contributed by atoms with E-state index < -0.39 is 29.2 Å². The molecule has 5 nitrogen and oxygen atoms in total. The Hall–Kier alpha value is -2.11. The van der Waals surface area contributed by atoms with Gasteiger partial charge >= 0.3 is 5.97 Å². The van der Waals surface area contributed by atoms with Crippen LogP contribution in [0, 0.1) is 11.2 Å². The number of benzene rings is 1. The van der Waals surface area contributed by atoms with Crippen LogP contribution in [-0.2, 0) is 9.59 Å². The van der Waals surface area contributed by atoms with Gasteiger partial charge in [0.05, 0.1) is 5.41 Å². The number of amides is 1. The third-order valence-corrected chi connectivity index (χ3v) is 3.92. The van der Waals surface area contributed by atoms with Crippen molar-refractivity contribution in [3.63, 3.8) is 0 Å². The maximum Gasteiger partial charge on any atom is 0.311 e. The predicted molar refractivity (Wildman–Crippen MR) is 80.2 cm³/mol. The van der Waals surface area contributed by atoms with E-state index in [1.807, 2.05) is 0 Å². The zero-order chi connectivity index (χ0) is 16.8. The van der Waals surface area contributed by atoms with Gasteiger partial charge in [-0.3, -0.25) is 9.59 Å². The lowest BCUT2D eigenvalue weighted by Gasteiger charge is -2.27. The molecule has 0 radical (unpaired) electrons. The third-order valence-electron chi connectivity index (χ3n) is 3.92. The fraction of sp³-hybridized carbons (Fsp3) is 0.500. The van der Waals surface area contributed by atoms with Gasteiger partial charge in [0.1, 0.15) is 0 Å². The fourth-order valence-corrected chi connectivity index (χ4v) is 2.06. The molecule has 1 amide bonds. The van der Waals surface area contributed by atoms with Gasteiger partial charge in [-0.25, -0.2) is 4.39 Å². The maximum absolute atomic E-state index is 13.5. The molecule has 1 aromatic carbocycles. The first kappa shape index (κ1) is 17.9. The second-order valence-electron chi connectivity index (χ2n) is 5.20. The molecule has 2 N–H and O–H groups in total. The number of ether oxygens (including phenoxy) is 1. The summed E-state index contributed by atoms with van der Waals surface area (Å²) in [4.78, 5) is 23.4. The Bertz CT molecular complexity index is 529. The maximum atomic E-state index is 13.5. The van der Waals surface area contributed by atoms with Crippen LogP contribution in [0.25, 0.3) is 0 Å². The number of carboxylic acid groups (broad SMARTS) is 1. The minimum absolute atomic E-state index is 0.0130. The van der Waals surface area contributed by atoms with Crippen molar-refractivity contribution < 1.29 is 23.8 Å². The average molecular weight is 311 g/mol. The molecule has 1 atom stereocenters. The minimum Gasteiger partial charge on any atom is -0.481 e. The van der Waals surface area contributed by atoms with Crippen LogP contribution in [0.5, 0.6) is 5.75 Å². The monoisotopic (exact) mass is 311 g/mol. The van der Waals surface area contributed by atoms with Crippen LogP contribution >= 0.6 is 0 Å². The van der Waals surface area contributed by atoms with E-state index in [0.29, 0.717) is 12.8 Å². The van der Waals surface area contributed by atoms with Crippen molar-refractivity contribution in [2.45, 2.75) is 39.7 Å². The quantitative estimate of drug-likeness (QED) is 0.774. The molecule has 0 spiro atoms. The lowest BCUT2D eigenvalue weighted by molar-refractivity contribution is -0.149. The Morgan fingerprint density at radius 3 is 2.41 bits per heavy atom. The van der Waals surface area contributed by atoms with E-state index in [4.69, 9.17) is 4.74 Å². The van der Waals surface area contributed by atoms with Gasteiger partial charge in [0, 0.05) is 6.54 Å². The van der Waals surface area contributed by atoms with Crippen LogP contribution in [0.1, 0.15) is 33.6 Å². The standard InChI is InChI=1S/C16H22FNO4/c1-4-16(5-2,15(20)21)10-18-14(19)11(3)22-13-9-7-6-8-12(13)17/h6-9,11H,4-5,10H2,1-3H3,(H,18,19)(H,20,21). The normalized spacial score (nSPS) is 12.5. The second-order valence-corrected chi connectivity index (χ2v) is 5.20. The number of rotatable bonds is 8. The molecule has 0 heterocycles. The largest absolute Gasteiger partial charge is 0.481 e. The van der Waals surface area contributed by atoms with Gasteiger partial charge in [-0.2, -0.15) is 0 Å². The molecule has 0 bridgehead atoms. The molecule has 0 fully saturated rings. The lowest BCUT2D eigenvalue weighted by Crippen LogP contribution is -2.46. The highest BCUT2D eigenvalue weighted by atomic mass is 19.1. The van der Waals surface area contributed by atoms with Crippen molar-refractivity contribution in [1.82, 2.24) is 5.32 Å². The summed E-state index contributed by atoms with van der Waals surface area (Å²) in [6.07, 6.45) is -0.110. The summed E-state index contributed by atoms with van der Waals surface area (Å²) < 4.78 is 18.7. The topological polar surface area (TPSA) is 75.6 Å². The molecule has 0 aliphatic carbocycles. The van der Waals surface area contributed by atoms with Crippen molar-refractivity contribution >= 4 is 11.9 Å². The molecule has 6 heteroatoms. The molecule has 22 heavy (non-hydrogen) atoms. The van der Waals surface area contributed by atoms with Crippen LogP contribution in [-0.4, -0.2) is 29.6 Å². The first-order chi connectivity index (χ1) is 10.4. The molecule has 0 aliphatic heterocycles. The van der Waals surface area contributed by atoms with E-state index >= 15 is 0 Å². The van der Waals surface area contributed by atoms with E-state index in [2.05, 4.69) is 5.32 Å². The van der Waals surface area contributed by atoms with Crippen LogP contribution in [0.15, 0.2) is 24.3 Å². The summed E-state index contributed by atoms with van der Waals surface area (Å²) in [5.41, 5.74) is -0.993. The molecule has 0 aliphatic rings. The molecular weight excluding hydrogens is 289 g/mol. The van der Waals surface area contributed by atoms with Crippen LogP contribution < -0.4 is 10.1 Å². The molecule has 0 saturated heterocycles. The van der Waals surface area contributed by atoms with Crippen molar-refractivity contribution in [1.29, 1.82) is 0 Å². The van der Waals surface area contributed by atoms with Crippen molar-refractivity contribution in [3.05, 3.63) is 30.1 Å². The van der Waals surface area contributed by atoms with E-state index in [9.17, 15) is 19.1 Å². The van der Waals surface area contributed by atoms with Crippen LogP contribution in [0.3, 0.4) is 0 Å². The zero-order valence-corrected chi connectivity index (χ0v) is 13.1. The second kappa shape index (κ2) is 7.77. The Morgan fingerprint density at radius 1 is 1.32 bits per heavy atom.